The Morgan fingerprint density at radius 3 is 2.52 bits per heavy atom. The molecule has 63 heavy (non-hydrogen) atoms. The molecule has 4 bridgehead atoms. The minimum Gasteiger partial charge on any atom is -0.504 e. The number of amides is 1. The zero-order valence-corrected chi connectivity index (χ0v) is 37.7. The predicted molar refractivity (Wildman–Crippen MR) is 229 cm³/mol. The van der Waals surface area contributed by atoms with Crippen LogP contribution >= 0.6 is 11.8 Å². The van der Waals surface area contributed by atoms with Gasteiger partial charge in [-0.2, -0.15) is 5.26 Å². The Labute approximate surface area is 370 Å². The number of nitrogens with zero attached hydrogens (tertiary/aromatic N) is 3. The summed E-state index contributed by atoms with van der Waals surface area (Å²) in [4.78, 5) is 44.8. The maximum atomic E-state index is 15.1. The topological polar surface area (TPSA) is 190 Å². The lowest BCUT2D eigenvalue weighted by molar-refractivity contribution is -0.155. The zero-order chi connectivity index (χ0) is 44.9. The minimum absolute atomic E-state index is 0.0186. The molecule has 7 atom stereocenters. The van der Waals surface area contributed by atoms with Crippen molar-refractivity contribution in [1.82, 2.24) is 20.4 Å². The maximum absolute atomic E-state index is 15.1. The van der Waals surface area contributed by atoms with Crippen LogP contribution in [-0.4, -0.2) is 104 Å². The van der Waals surface area contributed by atoms with Gasteiger partial charge in [0.1, 0.15) is 29.7 Å². The number of carbonyl (C=O) groups excluding carboxylic acids is 3. The summed E-state index contributed by atoms with van der Waals surface area (Å²) >= 11 is 1.48. The van der Waals surface area contributed by atoms with Crippen LogP contribution < -0.4 is 34.3 Å². The number of hydrogen-bond donors (Lipinski definition) is 3. The number of esters is 2. The van der Waals surface area contributed by atoms with E-state index >= 15 is 4.79 Å². The standard InChI is InChI=1S/C46H53N5O11S/c1-21-12-25-14-28-29(16-47)51-30-18-58-43(54)46(27-15-31(56-8)26(13-24(27)10-11-48-46)17-50(7)44(55)62-45(4,5)6)19-63-42(36(51)35(49-28)32(25)37(53)38(21)57-9)34-33(30)41-40(59-20-60-41)22(2)39(34)61-23(3)52/h12-13,15,28-30,35-36,42,48-49,53H,10-11,14,17-20H2,1-9H3/t28-,29-,30?,35+,36+,42+,46+/m0/s1. The summed E-state index contributed by atoms with van der Waals surface area (Å²) in [5.41, 5.74) is 4.49. The van der Waals surface area contributed by atoms with Crippen LogP contribution in [0.25, 0.3) is 0 Å². The second-order valence-electron chi connectivity index (χ2n) is 18.1. The van der Waals surface area contributed by atoms with Gasteiger partial charge in [0.25, 0.3) is 0 Å². The molecule has 0 aromatic heterocycles. The molecule has 0 saturated carbocycles. The first-order valence-corrected chi connectivity index (χ1v) is 22.2. The molecule has 334 valence electrons. The van der Waals surface area contributed by atoms with Gasteiger partial charge in [0, 0.05) is 66.2 Å². The van der Waals surface area contributed by atoms with E-state index in [1.165, 1.54) is 30.7 Å². The Hall–Kier alpha value is -5.41. The fourth-order valence-electron chi connectivity index (χ4n) is 10.7. The van der Waals surface area contributed by atoms with Gasteiger partial charge >= 0.3 is 18.0 Å². The van der Waals surface area contributed by atoms with Crippen LogP contribution in [0.1, 0.15) is 95.1 Å². The van der Waals surface area contributed by atoms with E-state index in [2.05, 4.69) is 21.6 Å². The van der Waals surface area contributed by atoms with Gasteiger partial charge in [0.2, 0.25) is 6.79 Å². The van der Waals surface area contributed by atoms with Crippen molar-refractivity contribution < 1.29 is 52.6 Å². The van der Waals surface area contributed by atoms with Crippen molar-refractivity contribution in [3.63, 3.8) is 0 Å². The average Bonchev–Trinajstić information content (AvgIpc) is 3.72. The molecule has 0 aliphatic carbocycles. The highest BCUT2D eigenvalue weighted by molar-refractivity contribution is 7.99. The van der Waals surface area contributed by atoms with Crippen LogP contribution in [0.4, 0.5) is 4.79 Å². The number of nitrogens with one attached hydrogen (secondary N) is 2. The molecule has 1 amide bonds. The molecule has 1 spiro atoms. The number of phenolic OH excluding ortho intramolecular Hbond substituents is 1. The number of rotatable bonds is 5. The van der Waals surface area contributed by atoms with Gasteiger partial charge in [0.05, 0.1) is 44.2 Å². The van der Waals surface area contributed by atoms with E-state index in [0.717, 1.165) is 22.3 Å². The molecule has 16 nitrogen and oxygen atoms in total. The number of nitriles is 1. The zero-order valence-electron chi connectivity index (χ0n) is 36.9. The predicted octanol–water partition coefficient (Wildman–Crippen LogP) is 5.31. The number of hydrogen-bond acceptors (Lipinski definition) is 16. The van der Waals surface area contributed by atoms with Crippen molar-refractivity contribution in [2.45, 2.75) is 108 Å². The number of benzene rings is 3. The summed E-state index contributed by atoms with van der Waals surface area (Å²) in [6, 6.07) is 5.50. The van der Waals surface area contributed by atoms with E-state index in [4.69, 9.17) is 33.2 Å². The largest absolute Gasteiger partial charge is 0.504 e. The summed E-state index contributed by atoms with van der Waals surface area (Å²) in [5.74, 6) is 1.16. The van der Waals surface area contributed by atoms with Crippen molar-refractivity contribution in [3.05, 3.63) is 68.3 Å². The monoisotopic (exact) mass is 883 g/mol. The van der Waals surface area contributed by atoms with E-state index < -0.39 is 58.6 Å². The number of methoxy groups -OCH3 is 2. The number of fused-ring (bicyclic) bond motifs is 9. The van der Waals surface area contributed by atoms with Gasteiger partial charge in [-0.25, -0.2) is 9.59 Å². The first kappa shape index (κ1) is 42.9. The summed E-state index contributed by atoms with van der Waals surface area (Å²) < 4.78 is 42.3. The highest BCUT2D eigenvalue weighted by Crippen LogP contribution is 2.63. The van der Waals surface area contributed by atoms with E-state index in [-0.39, 0.29) is 37.5 Å². The SMILES string of the molecule is COc1cc2c(cc1CN(C)C(=O)OC(C)(C)C)CCN[C@]21CS[C@@H]2c3c(OC(C)=O)c(C)c4c(c3C(COC1=O)N1[C@@H]2[C@@H]2N[C@@H](Cc3cc(C)c(OC)c(O)c32)[C@@H]1C#N)OCO4. The normalized spacial score (nSPS) is 26.6. The molecule has 3 N–H and O–H groups in total. The molecule has 7 heterocycles. The molecule has 17 heteroatoms. The first-order chi connectivity index (χ1) is 30.0. The van der Waals surface area contributed by atoms with Crippen molar-refractivity contribution in [2.24, 2.45) is 0 Å². The first-order valence-electron chi connectivity index (χ1n) is 21.2. The Balaban J connectivity index is 1.23. The summed E-state index contributed by atoms with van der Waals surface area (Å²) in [5, 5.41) is 29.9. The minimum atomic E-state index is -1.39. The van der Waals surface area contributed by atoms with Crippen molar-refractivity contribution >= 4 is 29.8 Å². The molecular formula is C46H53N5O11S. The number of phenols is 1. The molecule has 7 aliphatic rings. The van der Waals surface area contributed by atoms with Crippen molar-refractivity contribution in [3.8, 4) is 40.6 Å². The fraction of sp³-hybridized carbons (Fsp3) is 0.522. The number of thioether (sulfide) groups is 1. The third-order valence-corrected chi connectivity index (χ3v) is 14.6. The van der Waals surface area contributed by atoms with Crippen LogP contribution in [0.3, 0.4) is 0 Å². The molecular weight excluding hydrogens is 831 g/mol. The lowest BCUT2D eigenvalue weighted by Crippen LogP contribution is -2.69. The van der Waals surface area contributed by atoms with Gasteiger partial charge in [-0.05, 0) is 81.8 Å². The third kappa shape index (κ3) is 6.79. The molecule has 2 fully saturated rings. The number of carbonyl (C=O) groups is 3. The van der Waals surface area contributed by atoms with Gasteiger partial charge in [-0.1, -0.05) is 6.07 Å². The number of piperazine rings is 1. The summed E-state index contributed by atoms with van der Waals surface area (Å²) in [6.07, 6.45) is 0.558. The van der Waals surface area contributed by atoms with Crippen molar-refractivity contribution in [2.75, 3.05) is 47.0 Å². The Morgan fingerprint density at radius 2 is 1.83 bits per heavy atom. The Morgan fingerprint density at radius 1 is 1.06 bits per heavy atom. The Kier molecular flexibility index (Phi) is 10.7. The van der Waals surface area contributed by atoms with Crippen molar-refractivity contribution in [1.29, 1.82) is 5.26 Å². The lowest BCUT2D eigenvalue weighted by Gasteiger charge is -2.59. The molecule has 3 aromatic rings. The maximum Gasteiger partial charge on any atom is 0.410 e. The van der Waals surface area contributed by atoms with Gasteiger partial charge in [0.15, 0.2) is 28.5 Å². The second-order valence-corrected chi connectivity index (χ2v) is 19.3. The molecule has 3 aromatic carbocycles. The van der Waals surface area contributed by atoms with Crippen LogP contribution in [0, 0.1) is 25.2 Å². The van der Waals surface area contributed by atoms with E-state index in [9.17, 15) is 20.0 Å². The fourth-order valence-corrected chi connectivity index (χ4v) is 12.4. The number of aromatic hydroxyl groups is 1. The molecule has 1 unspecified atom stereocenters. The van der Waals surface area contributed by atoms with Crippen LogP contribution in [-0.2, 0) is 44.0 Å². The second kappa shape index (κ2) is 15.7. The molecule has 10 rings (SSSR count). The Bertz CT molecular complexity index is 2480. The number of aryl methyl sites for hydroxylation is 1. The quantitative estimate of drug-likeness (QED) is 0.221. The lowest BCUT2D eigenvalue weighted by atomic mass is 9.72. The van der Waals surface area contributed by atoms with E-state index in [1.54, 1.807) is 14.2 Å². The van der Waals surface area contributed by atoms with Crippen LogP contribution in [0.5, 0.6) is 34.5 Å². The summed E-state index contributed by atoms with van der Waals surface area (Å²) in [6.45, 7) is 10.9. The third-order valence-electron chi connectivity index (χ3n) is 13.1. The van der Waals surface area contributed by atoms with Gasteiger partial charge in [-0.15, -0.1) is 11.8 Å². The highest BCUT2D eigenvalue weighted by atomic mass is 32.2. The molecule has 0 radical (unpaired) electrons. The molecule has 2 saturated heterocycles. The van der Waals surface area contributed by atoms with Crippen LogP contribution in [0.15, 0.2) is 18.2 Å². The van der Waals surface area contributed by atoms with Crippen LogP contribution in [0.2, 0.25) is 0 Å². The van der Waals surface area contributed by atoms with Gasteiger partial charge in [-0.3, -0.25) is 15.0 Å². The van der Waals surface area contributed by atoms with E-state index in [1.807, 2.05) is 52.8 Å². The highest BCUT2D eigenvalue weighted by Gasteiger charge is 2.60. The smallest absolute Gasteiger partial charge is 0.410 e. The molecule has 7 aliphatic heterocycles. The average molecular weight is 884 g/mol. The number of ether oxygens (including phenoxy) is 7. The van der Waals surface area contributed by atoms with E-state index in [0.29, 0.717) is 76.0 Å². The van der Waals surface area contributed by atoms with Gasteiger partial charge < -0.3 is 48.5 Å². The summed E-state index contributed by atoms with van der Waals surface area (Å²) in [7, 11) is 4.75.